The van der Waals surface area contributed by atoms with E-state index in [0.717, 1.165) is 30.8 Å². The van der Waals surface area contributed by atoms with Crippen LogP contribution in [0.3, 0.4) is 0 Å². The summed E-state index contributed by atoms with van der Waals surface area (Å²) in [5.74, 6) is 1.21. The van der Waals surface area contributed by atoms with Crippen LogP contribution in [0.4, 0.5) is 0 Å². The highest BCUT2D eigenvalue weighted by Gasteiger charge is 2.26. The van der Waals surface area contributed by atoms with Crippen molar-refractivity contribution in [3.8, 4) is 11.5 Å². The molecule has 3 aromatic rings. The molecule has 1 aliphatic rings. The Morgan fingerprint density at radius 2 is 2.00 bits per heavy atom. The third kappa shape index (κ3) is 2.80. The highest BCUT2D eigenvalue weighted by Crippen LogP contribution is 2.27. The molecule has 0 saturated carbocycles. The number of fused-ring (bicyclic) bond motifs is 1. The predicted octanol–water partition coefficient (Wildman–Crippen LogP) is 2.95. The van der Waals surface area contributed by atoms with Crippen molar-refractivity contribution in [2.24, 2.45) is 0 Å². The molecule has 122 valence electrons. The lowest BCUT2D eigenvalue weighted by Gasteiger charge is -2.30. The molecule has 1 unspecified atom stereocenters. The first-order chi connectivity index (χ1) is 11.7. The molecule has 0 bridgehead atoms. The van der Waals surface area contributed by atoms with Crippen LogP contribution in [0.15, 0.2) is 41.2 Å². The first-order valence-corrected chi connectivity index (χ1v) is 8.13. The van der Waals surface area contributed by atoms with Crippen LogP contribution in [0.1, 0.15) is 35.7 Å². The molecule has 0 amide bonds. The quantitative estimate of drug-likeness (QED) is 0.739. The standard InChI is InChI=1S/C18H19N5O/c1-12-3-5-14(6-4-12)18-22-21-17(24-18)13(2)23-8-7-15-9-19-11-20-16(15)10-23/h3-6,9,11,13H,7-8,10H2,1-2H3. The Hall–Kier alpha value is -2.60. The molecule has 6 nitrogen and oxygen atoms in total. The molecule has 1 atom stereocenters. The van der Waals surface area contributed by atoms with Gasteiger partial charge in [0, 0.05) is 24.8 Å². The van der Waals surface area contributed by atoms with Crippen molar-refractivity contribution in [2.45, 2.75) is 32.9 Å². The smallest absolute Gasteiger partial charge is 0.247 e. The Bertz CT molecular complexity index is 843. The number of benzene rings is 1. The summed E-state index contributed by atoms with van der Waals surface area (Å²) in [6.45, 7) is 5.87. The van der Waals surface area contributed by atoms with E-state index in [2.05, 4.69) is 38.9 Å². The molecule has 1 aliphatic heterocycles. The third-order valence-corrected chi connectivity index (χ3v) is 4.55. The van der Waals surface area contributed by atoms with Crippen LogP contribution in [0.25, 0.3) is 11.5 Å². The summed E-state index contributed by atoms with van der Waals surface area (Å²) < 4.78 is 5.92. The normalized spacial score (nSPS) is 15.9. The molecule has 0 saturated heterocycles. The maximum atomic E-state index is 5.92. The van der Waals surface area contributed by atoms with Gasteiger partial charge in [0.25, 0.3) is 0 Å². The lowest BCUT2D eigenvalue weighted by Crippen LogP contribution is -2.33. The molecule has 2 aromatic heterocycles. The molecule has 1 aromatic carbocycles. The molecule has 0 aliphatic carbocycles. The van der Waals surface area contributed by atoms with Crippen molar-refractivity contribution in [3.05, 3.63) is 59.5 Å². The van der Waals surface area contributed by atoms with E-state index in [9.17, 15) is 0 Å². The minimum absolute atomic E-state index is 0.0554. The monoisotopic (exact) mass is 321 g/mol. The number of aromatic nitrogens is 4. The second-order valence-electron chi connectivity index (χ2n) is 6.20. The largest absolute Gasteiger partial charge is 0.419 e. The van der Waals surface area contributed by atoms with E-state index in [1.165, 1.54) is 11.1 Å². The van der Waals surface area contributed by atoms with Crippen LogP contribution in [-0.4, -0.2) is 31.6 Å². The number of rotatable bonds is 3. The molecule has 6 heteroatoms. The fraction of sp³-hybridized carbons (Fsp3) is 0.333. The molecule has 24 heavy (non-hydrogen) atoms. The summed E-state index contributed by atoms with van der Waals surface area (Å²) in [5.41, 5.74) is 4.47. The molecular weight excluding hydrogens is 302 g/mol. The van der Waals surface area contributed by atoms with E-state index in [1.807, 2.05) is 30.5 Å². The van der Waals surface area contributed by atoms with Crippen LogP contribution >= 0.6 is 0 Å². The number of nitrogens with zero attached hydrogens (tertiary/aromatic N) is 5. The van der Waals surface area contributed by atoms with E-state index in [0.29, 0.717) is 11.8 Å². The average molecular weight is 321 g/mol. The SMILES string of the molecule is Cc1ccc(-c2nnc(C(C)N3CCc4cncnc4C3)o2)cc1. The van der Waals surface area contributed by atoms with Crippen molar-refractivity contribution in [2.75, 3.05) is 6.54 Å². The summed E-state index contributed by atoms with van der Waals surface area (Å²) in [4.78, 5) is 10.8. The van der Waals surface area contributed by atoms with Crippen molar-refractivity contribution in [3.63, 3.8) is 0 Å². The van der Waals surface area contributed by atoms with Gasteiger partial charge in [0.05, 0.1) is 11.7 Å². The summed E-state index contributed by atoms with van der Waals surface area (Å²) in [6, 6.07) is 8.16. The zero-order chi connectivity index (χ0) is 16.5. The van der Waals surface area contributed by atoms with E-state index < -0.39 is 0 Å². The molecule has 0 spiro atoms. The van der Waals surface area contributed by atoms with Crippen molar-refractivity contribution >= 4 is 0 Å². The van der Waals surface area contributed by atoms with Crippen molar-refractivity contribution in [1.82, 2.24) is 25.1 Å². The Labute approximate surface area is 140 Å². The summed E-state index contributed by atoms with van der Waals surface area (Å²) >= 11 is 0. The molecule has 3 heterocycles. The maximum absolute atomic E-state index is 5.92. The highest BCUT2D eigenvalue weighted by molar-refractivity contribution is 5.52. The van der Waals surface area contributed by atoms with Gasteiger partial charge in [-0.2, -0.15) is 0 Å². The fourth-order valence-corrected chi connectivity index (χ4v) is 2.97. The predicted molar refractivity (Wildman–Crippen MR) is 89.0 cm³/mol. The minimum atomic E-state index is 0.0554. The summed E-state index contributed by atoms with van der Waals surface area (Å²) in [6.07, 6.45) is 4.46. The lowest BCUT2D eigenvalue weighted by atomic mass is 10.1. The second kappa shape index (κ2) is 6.13. The molecular formula is C18H19N5O. The summed E-state index contributed by atoms with van der Waals surface area (Å²) in [7, 11) is 0. The average Bonchev–Trinajstić information content (AvgIpc) is 3.11. The molecule has 0 radical (unpaired) electrons. The van der Waals surface area contributed by atoms with Gasteiger partial charge in [0.2, 0.25) is 11.8 Å². The second-order valence-corrected chi connectivity index (χ2v) is 6.20. The van der Waals surface area contributed by atoms with Crippen LogP contribution < -0.4 is 0 Å². The van der Waals surface area contributed by atoms with Gasteiger partial charge in [-0.25, -0.2) is 9.97 Å². The number of hydrogen-bond donors (Lipinski definition) is 0. The Kier molecular flexibility index (Phi) is 3.82. The molecule has 0 fully saturated rings. The van der Waals surface area contributed by atoms with Gasteiger partial charge < -0.3 is 4.42 Å². The first-order valence-electron chi connectivity index (χ1n) is 8.13. The Balaban J connectivity index is 1.53. The van der Waals surface area contributed by atoms with Crippen LogP contribution in [0, 0.1) is 6.92 Å². The molecule has 4 rings (SSSR count). The van der Waals surface area contributed by atoms with Gasteiger partial charge in [-0.3, -0.25) is 4.90 Å². The van der Waals surface area contributed by atoms with E-state index in [4.69, 9.17) is 4.42 Å². The minimum Gasteiger partial charge on any atom is -0.419 e. The molecule has 0 N–H and O–H groups in total. The van der Waals surface area contributed by atoms with Gasteiger partial charge in [-0.15, -0.1) is 10.2 Å². The third-order valence-electron chi connectivity index (χ3n) is 4.55. The summed E-state index contributed by atoms with van der Waals surface area (Å²) in [5, 5.41) is 8.46. The first kappa shape index (κ1) is 15.0. The van der Waals surface area contributed by atoms with Gasteiger partial charge in [0.1, 0.15) is 6.33 Å². The van der Waals surface area contributed by atoms with Gasteiger partial charge in [0.15, 0.2) is 0 Å². The van der Waals surface area contributed by atoms with E-state index in [1.54, 1.807) is 6.33 Å². The maximum Gasteiger partial charge on any atom is 0.247 e. The Morgan fingerprint density at radius 3 is 2.83 bits per heavy atom. The van der Waals surface area contributed by atoms with Gasteiger partial charge in [-0.05, 0) is 38.0 Å². The van der Waals surface area contributed by atoms with Crippen molar-refractivity contribution < 1.29 is 4.42 Å². The lowest BCUT2D eigenvalue weighted by molar-refractivity contribution is 0.164. The number of aryl methyl sites for hydroxylation is 1. The topological polar surface area (TPSA) is 67.9 Å². The van der Waals surface area contributed by atoms with Crippen molar-refractivity contribution in [1.29, 1.82) is 0 Å². The fourth-order valence-electron chi connectivity index (χ4n) is 2.97. The Morgan fingerprint density at radius 1 is 1.17 bits per heavy atom. The highest BCUT2D eigenvalue weighted by atomic mass is 16.4. The van der Waals surface area contributed by atoms with Crippen LogP contribution in [0.5, 0.6) is 0 Å². The van der Waals surface area contributed by atoms with E-state index in [-0.39, 0.29) is 6.04 Å². The van der Waals surface area contributed by atoms with Crippen LogP contribution in [-0.2, 0) is 13.0 Å². The van der Waals surface area contributed by atoms with Gasteiger partial charge in [-0.1, -0.05) is 17.7 Å². The van der Waals surface area contributed by atoms with E-state index >= 15 is 0 Å². The zero-order valence-corrected chi connectivity index (χ0v) is 13.8. The number of hydrogen-bond acceptors (Lipinski definition) is 6. The zero-order valence-electron chi connectivity index (χ0n) is 13.8. The van der Waals surface area contributed by atoms with Crippen LogP contribution in [0.2, 0.25) is 0 Å². The van der Waals surface area contributed by atoms with Gasteiger partial charge >= 0.3 is 0 Å².